The van der Waals surface area contributed by atoms with Gasteiger partial charge in [-0.3, -0.25) is 0 Å². The standard InChI is InChI=1S/C17H19N5O2/c1-23-15-6-3-11(7-16(15)24-2)9-18-14-8-13(12-4-5-12)21-22-10-19-20-17(14)22/h3,6-8,10,12,18H,4-5,9H2,1-2H3. The van der Waals surface area contributed by atoms with Crippen molar-refractivity contribution in [2.75, 3.05) is 19.5 Å². The van der Waals surface area contributed by atoms with Gasteiger partial charge in [0.25, 0.3) is 0 Å². The fourth-order valence-electron chi connectivity index (χ4n) is 2.74. The molecule has 7 heteroatoms. The van der Waals surface area contributed by atoms with E-state index in [0.717, 1.165) is 34.1 Å². The Hall–Kier alpha value is -2.83. The van der Waals surface area contributed by atoms with Crippen molar-refractivity contribution in [2.45, 2.75) is 25.3 Å². The number of nitrogens with one attached hydrogen (secondary N) is 1. The van der Waals surface area contributed by atoms with Gasteiger partial charge in [0.1, 0.15) is 6.33 Å². The Morgan fingerprint density at radius 2 is 2.00 bits per heavy atom. The van der Waals surface area contributed by atoms with E-state index in [9.17, 15) is 0 Å². The van der Waals surface area contributed by atoms with Gasteiger partial charge in [0.2, 0.25) is 5.65 Å². The maximum Gasteiger partial charge on any atom is 0.200 e. The third kappa shape index (κ3) is 2.73. The first-order valence-corrected chi connectivity index (χ1v) is 7.94. The summed E-state index contributed by atoms with van der Waals surface area (Å²) in [6.07, 6.45) is 4.05. The van der Waals surface area contributed by atoms with Crippen LogP contribution in [0, 0.1) is 0 Å². The number of rotatable bonds is 6. The predicted molar refractivity (Wildman–Crippen MR) is 89.6 cm³/mol. The Bertz CT molecular complexity index is 873. The van der Waals surface area contributed by atoms with E-state index in [1.165, 1.54) is 12.8 Å². The van der Waals surface area contributed by atoms with Crippen LogP contribution in [0.3, 0.4) is 0 Å². The summed E-state index contributed by atoms with van der Waals surface area (Å²) < 4.78 is 12.4. The molecule has 0 unspecified atom stereocenters. The summed E-state index contributed by atoms with van der Waals surface area (Å²) in [5.41, 5.74) is 3.87. The topological polar surface area (TPSA) is 73.6 Å². The van der Waals surface area contributed by atoms with Crippen molar-refractivity contribution in [3.8, 4) is 11.5 Å². The summed E-state index contributed by atoms with van der Waals surface area (Å²) >= 11 is 0. The second-order valence-electron chi connectivity index (χ2n) is 5.90. The highest BCUT2D eigenvalue weighted by molar-refractivity contribution is 5.67. The van der Waals surface area contributed by atoms with Crippen LogP contribution >= 0.6 is 0 Å². The molecule has 0 bridgehead atoms. The first-order chi connectivity index (χ1) is 11.8. The highest BCUT2D eigenvalue weighted by atomic mass is 16.5. The maximum atomic E-state index is 5.36. The van der Waals surface area contributed by atoms with Crippen LogP contribution in [0.25, 0.3) is 5.65 Å². The molecule has 124 valence electrons. The van der Waals surface area contributed by atoms with Gasteiger partial charge < -0.3 is 14.8 Å². The zero-order valence-corrected chi connectivity index (χ0v) is 13.7. The minimum atomic E-state index is 0.568. The lowest BCUT2D eigenvalue weighted by molar-refractivity contribution is 0.354. The molecule has 0 saturated heterocycles. The van der Waals surface area contributed by atoms with Gasteiger partial charge in [-0.2, -0.15) is 9.61 Å². The molecule has 1 aliphatic carbocycles. The van der Waals surface area contributed by atoms with Crippen molar-refractivity contribution in [2.24, 2.45) is 0 Å². The van der Waals surface area contributed by atoms with Crippen LogP contribution in [0.1, 0.15) is 30.0 Å². The Morgan fingerprint density at radius 1 is 1.17 bits per heavy atom. The number of fused-ring (bicyclic) bond motifs is 1. The summed E-state index contributed by atoms with van der Waals surface area (Å²) in [4.78, 5) is 0. The molecule has 2 aromatic heterocycles. The van der Waals surface area contributed by atoms with E-state index in [0.29, 0.717) is 12.5 Å². The largest absolute Gasteiger partial charge is 0.493 e. The van der Waals surface area contributed by atoms with Gasteiger partial charge in [-0.15, -0.1) is 10.2 Å². The van der Waals surface area contributed by atoms with Crippen molar-refractivity contribution in [1.82, 2.24) is 19.8 Å². The van der Waals surface area contributed by atoms with E-state index in [-0.39, 0.29) is 0 Å². The van der Waals surface area contributed by atoms with Crippen LogP contribution in [0.2, 0.25) is 0 Å². The van der Waals surface area contributed by atoms with Gasteiger partial charge in [0, 0.05) is 12.5 Å². The first kappa shape index (κ1) is 14.7. The van der Waals surface area contributed by atoms with E-state index in [1.807, 2.05) is 18.2 Å². The molecule has 7 nitrogen and oxygen atoms in total. The number of anilines is 1. The Kier molecular flexibility index (Phi) is 3.68. The van der Waals surface area contributed by atoms with Crippen LogP contribution in [0.5, 0.6) is 11.5 Å². The zero-order chi connectivity index (χ0) is 16.5. The molecule has 1 N–H and O–H groups in total. The monoisotopic (exact) mass is 325 g/mol. The maximum absolute atomic E-state index is 5.36. The second-order valence-corrected chi connectivity index (χ2v) is 5.90. The lowest BCUT2D eigenvalue weighted by Crippen LogP contribution is -2.05. The van der Waals surface area contributed by atoms with Crippen LogP contribution < -0.4 is 14.8 Å². The van der Waals surface area contributed by atoms with Crippen molar-refractivity contribution in [3.05, 3.63) is 41.9 Å². The van der Waals surface area contributed by atoms with Crippen molar-refractivity contribution in [1.29, 1.82) is 0 Å². The SMILES string of the molecule is COc1ccc(CNc2cc(C3CC3)nn3cnnc23)cc1OC. The molecule has 1 aromatic carbocycles. The van der Waals surface area contributed by atoms with E-state index in [1.54, 1.807) is 25.1 Å². The molecule has 1 saturated carbocycles. The molecule has 0 aliphatic heterocycles. The summed E-state index contributed by atoms with van der Waals surface area (Å²) in [7, 11) is 3.27. The highest BCUT2D eigenvalue weighted by Crippen LogP contribution is 2.40. The van der Waals surface area contributed by atoms with Crippen molar-refractivity contribution >= 4 is 11.3 Å². The van der Waals surface area contributed by atoms with Crippen molar-refractivity contribution in [3.63, 3.8) is 0 Å². The van der Waals surface area contributed by atoms with Crippen LogP contribution in [0.15, 0.2) is 30.6 Å². The summed E-state index contributed by atoms with van der Waals surface area (Å²) in [6.45, 7) is 0.650. The predicted octanol–water partition coefficient (Wildman–Crippen LogP) is 2.63. The minimum Gasteiger partial charge on any atom is -0.493 e. The molecule has 3 aromatic rings. The van der Waals surface area contributed by atoms with Crippen LogP contribution in [0.4, 0.5) is 5.69 Å². The van der Waals surface area contributed by atoms with Gasteiger partial charge in [-0.25, -0.2) is 0 Å². The molecule has 2 heterocycles. The summed E-state index contributed by atoms with van der Waals surface area (Å²) in [5.74, 6) is 2.01. The van der Waals surface area contributed by atoms with Crippen LogP contribution in [-0.2, 0) is 6.54 Å². The Morgan fingerprint density at radius 3 is 2.75 bits per heavy atom. The van der Waals surface area contributed by atoms with Gasteiger partial charge in [-0.1, -0.05) is 6.07 Å². The van der Waals surface area contributed by atoms with E-state index in [4.69, 9.17) is 9.47 Å². The molecule has 0 atom stereocenters. The van der Waals surface area contributed by atoms with Crippen molar-refractivity contribution < 1.29 is 9.47 Å². The summed E-state index contributed by atoms with van der Waals surface area (Å²) in [5, 5.41) is 16.1. The molecule has 0 spiro atoms. The van der Waals surface area contributed by atoms with Gasteiger partial charge in [0.15, 0.2) is 11.5 Å². The normalized spacial score (nSPS) is 13.9. The van der Waals surface area contributed by atoms with Gasteiger partial charge >= 0.3 is 0 Å². The average Bonchev–Trinajstić information content (AvgIpc) is 3.36. The molecule has 0 amide bonds. The number of hydrogen-bond donors (Lipinski definition) is 1. The number of aromatic nitrogens is 4. The fraction of sp³-hybridized carbons (Fsp3) is 0.353. The lowest BCUT2D eigenvalue weighted by Gasteiger charge is -2.12. The molecule has 1 aliphatic rings. The Labute approximate surface area is 139 Å². The van der Waals surface area contributed by atoms with Crippen LogP contribution in [-0.4, -0.2) is 34.0 Å². The number of benzene rings is 1. The summed E-state index contributed by atoms with van der Waals surface area (Å²) in [6, 6.07) is 7.97. The fourth-order valence-corrected chi connectivity index (χ4v) is 2.74. The molecule has 24 heavy (non-hydrogen) atoms. The zero-order valence-electron chi connectivity index (χ0n) is 13.7. The highest BCUT2D eigenvalue weighted by Gasteiger charge is 2.26. The average molecular weight is 325 g/mol. The van der Waals surface area contributed by atoms with Gasteiger partial charge in [0.05, 0.1) is 25.6 Å². The third-order valence-corrected chi connectivity index (χ3v) is 4.21. The first-order valence-electron chi connectivity index (χ1n) is 7.94. The molecular formula is C17H19N5O2. The Balaban J connectivity index is 1.59. The number of ether oxygens (including phenoxy) is 2. The molecule has 1 fully saturated rings. The third-order valence-electron chi connectivity index (χ3n) is 4.21. The molecular weight excluding hydrogens is 306 g/mol. The number of methoxy groups -OCH3 is 2. The second kappa shape index (κ2) is 5.99. The number of hydrogen-bond acceptors (Lipinski definition) is 6. The molecule has 0 radical (unpaired) electrons. The lowest BCUT2D eigenvalue weighted by atomic mass is 10.2. The smallest absolute Gasteiger partial charge is 0.200 e. The van der Waals surface area contributed by atoms with E-state index >= 15 is 0 Å². The molecule has 4 rings (SSSR count). The quantitative estimate of drug-likeness (QED) is 0.751. The van der Waals surface area contributed by atoms with E-state index in [2.05, 4.69) is 26.7 Å². The van der Waals surface area contributed by atoms with Gasteiger partial charge in [-0.05, 0) is 36.6 Å². The van der Waals surface area contributed by atoms with E-state index < -0.39 is 0 Å². The number of nitrogens with zero attached hydrogens (tertiary/aromatic N) is 4. The minimum absolute atomic E-state index is 0.568.